The summed E-state index contributed by atoms with van der Waals surface area (Å²) in [5.74, 6) is -48.9. The largest absolute Gasteiger partial charge is 0.497 e. The average molecular weight is 1100 g/mol. The number of hydrogen-bond acceptors (Lipinski definition) is 7. The lowest BCUT2D eigenvalue weighted by molar-refractivity contribution is 0.355. The van der Waals surface area contributed by atoms with E-state index in [2.05, 4.69) is 5.92 Å². The maximum absolute atomic E-state index is 15.5. The molecule has 0 aliphatic heterocycles. The van der Waals surface area contributed by atoms with Crippen LogP contribution in [0.25, 0.3) is 33.4 Å². The highest BCUT2D eigenvalue weighted by Crippen LogP contribution is 2.46. The summed E-state index contributed by atoms with van der Waals surface area (Å²) in [5.41, 5.74) is -8.63. The standard InChI is InChI=1S/C51H20F16O8S/c1-3-19-5-4-6-25(17-19)74-50-44(64)36(56)29(37(57)45(50)65)28-32(52)40(60)48(41(61)33(28)53)72-22-11-7-20(8-12-22)21-9-13-23(14-10-21)73-49-42(62)34(54)30(35(55)43(49)63)31-38(58)46(66)51(47(67)39(31)59)75-26-16-15-24(71-2)18-27(26)76(68,69)70/h1,4-18H,2H3,(H,68,69,70). The molecule has 0 fully saturated rings. The zero-order chi connectivity index (χ0) is 55.4. The summed E-state index contributed by atoms with van der Waals surface area (Å²) < 4.78 is 303. The normalized spacial score (nSPS) is 11.4. The average Bonchev–Trinajstić information content (AvgIpc) is 3.42. The fraction of sp³-hybridized carbons (Fsp3) is 0.0196. The fourth-order valence-corrected chi connectivity index (χ4v) is 7.76. The van der Waals surface area contributed by atoms with E-state index in [4.69, 9.17) is 30.1 Å². The van der Waals surface area contributed by atoms with Crippen LogP contribution in [0.4, 0.5) is 70.2 Å². The molecular formula is C51H20F16O8S. The summed E-state index contributed by atoms with van der Waals surface area (Å²) in [6.07, 6.45) is 5.23. The van der Waals surface area contributed by atoms with Crippen molar-refractivity contribution in [1.82, 2.24) is 0 Å². The van der Waals surface area contributed by atoms with Gasteiger partial charge in [0.1, 0.15) is 33.6 Å². The molecule has 8 aromatic carbocycles. The lowest BCUT2D eigenvalue weighted by Gasteiger charge is -2.17. The van der Waals surface area contributed by atoms with Crippen molar-refractivity contribution in [2.24, 2.45) is 0 Å². The van der Waals surface area contributed by atoms with Crippen LogP contribution >= 0.6 is 0 Å². The number of methoxy groups -OCH3 is 1. The molecule has 0 unspecified atom stereocenters. The first-order valence-corrected chi connectivity index (χ1v) is 21.9. The Bertz CT molecular complexity index is 3750. The van der Waals surface area contributed by atoms with Gasteiger partial charge in [0.2, 0.25) is 69.5 Å². The molecule has 0 heterocycles. The Balaban J connectivity index is 1.01. The summed E-state index contributed by atoms with van der Waals surface area (Å²) in [6, 6.07) is 15.2. The summed E-state index contributed by atoms with van der Waals surface area (Å²) in [6.45, 7) is 0. The molecule has 0 radical (unpaired) electrons. The second-order valence-electron chi connectivity index (χ2n) is 15.3. The van der Waals surface area contributed by atoms with Gasteiger partial charge in [-0.3, -0.25) is 4.55 Å². The molecule has 390 valence electrons. The summed E-state index contributed by atoms with van der Waals surface area (Å²) >= 11 is 0. The Morgan fingerprint density at radius 3 is 1.03 bits per heavy atom. The van der Waals surface area contributed by atoms with E-state index in [1.54, 1.807) is 0 Å². The van der Waals surface area contributed by atoms with Crippen molar-refractivity contribution in [3.63, 3.8) is 0 Å². The van der Waals surface area contributed by atoms with E-state index in [0.717, 1.165) is 73.8 Å². The lowest BCUT2D eigenvalue weighted by Crippen LogP contribution is -2.10. The van der Waals surface area contributed by atoms with Crippen LogP contribution in [-0.4, -0.2) is 20.1 Å². The molecule has 0 saturated carbocycles. The van der Waals surface area contributed by atoms with E-state index in [9.17, 15) is 13.0 Å². The third-order valence-corrected chi connectivity index (χ3v) is 11.6. The van der Waals surface area contributed by atoms with Crippen molar-refractivity contribution >= 4 is 10.1 Å². The van der Waals surface area contributed by atoms with Gasteiger partial charge in [0.05, 0.1) is 29.4 Å². The van der Waals surface area contributed by atoms with Crippen LogP contribution in [0.2, 0.25) is 0 Å². The highest BCUT2D eigenvalue weighted by Gasteiger charge is 2.38. The van der Waals surface area contributed by atoms with Crippen molar-refractivity contribution in [3.05, 3.63) is 190 Å². The van der Waals surface area contributed by atoms with E-state index in [-0.39, 0.29) is 22.4 Å². The smallest absolute Gasteiger partial charge is 0.298 e. The second kappa shape index (κ2) is 20.4. The monoisotopic (exact) mass is 1100 g/mol. The van der Waals surface area contributed by atoms with E-state index >= 15 is 70.2 Å². The highest BCUT2D eigenvalue weighted by molar-refractivity contribution is 7.86. The van der Waals surface area contributed by atoms with Crippen molar-refractivity contribution in [3.8, 4) is 97.5 Å². The van der Waals surface area contributed by atoms with Crippen LogP contribution in [-0.2, 0) is 10.1 Å². The quantitative estimate of drug-likeness (QED) is 0.0527. The predicted octanol–water partition coefficient (Wildman–Crippen LogP) is 15.3. The third-order valence-electron chi connectivity index (χ3n) is 10.7. The van der Waals surface area contributed by atoms with Gasteiger partial charge < -0.3 is 23.7 Å². The summed E-state index contributed by atoms with van der Waals surface area (Å²) in [5, 5.41) is 0. The molecule has 25 heteroatoms. The van der Waals surface area contributed by atoms with E-state index < -0.39 is 176 Å². The zero-order valence-electron chi connectivity index (χ0n) is 37.0. The van der Waals surface area contributed by atoms with Gasteiger partial charge in [-0.15, -0.1) is 6.42 Å². The summed E-state index contributed by atoms with van der Waals surface area (Å²) in [7, 11) is -4.24. The van der Waals surface area contributed by atoms with E-state index in [1.807, 2.05) is 0 Å². The molecule has 0 bridgehead atoms. The lowest BCUT2D eigenvalue weighted by atomic mass is 10.0. The molecule has 0 atom stereocenters. The minimum Gasteiger partial charge on any atom is -0.497 e. The number of ether oxygens (including phenoxy) is 5. The van der Waals surface area contributed by atoms with Crippen LogP contribution in [0.15, 0.2) is 95.9 Å². The number of halogens is 16. The minimum atomic E-state index is -5.28. The summed E-state index contributed by atoms with van der Waals surface area (Å²) in [4.78, 5) is -1.23. The van der Waals surface area contributed by atoms with Crippen molar-refractivity contribution < 1.29 is 107 Å². The molecule has 8 aromatic rings. The molecule has 0 saturated heterocycles. The van der Waals surface area contributed by atoms with Crippen LogP contribution in [0, 0.1) is 105 Å². The van der Waals surface area contributed by atoms with Crippen LogP contribution in [0.1, 0.15) is 5.56 Å². The maximum atomic E-state index is 15.5. The van der Waals surface area contributed by atoms with Gasteiger partial charge in [-0.25, -0.2) is 35.1 Å². The van der Waals surface area contributed by atoms with Crippen molar-refractivity contribution in [1.29, 1.82) is 0 Å². The first-order valence-electron chi connectivity index (χ1n) is 20.5. The molecular weight excluding hydrogens is 1080 g/mol. The Hall–Kier alpha value is -8.89. The molecule has 8 rings (SSSR count). The van der Waals surface area contributed by atoms with Crippen molar-refractivity contribution in [2.45, 2.75) is 4.90 Å². The fourth-order valence-electron chi connectivity index (χ4n) is 7.13. The predicted molar refractivity (Wildman–Crippen MR) is 232 cm³/mol. The molecule has 0 aliphatic rings. The van der Waals surface area contributed by atoms with Gasteiger partial charge in [-0.2, -0.15) is 43.5 Å². The zero-order valence-corrected chi connectivity index (χ0v) is 37.8. The first-order chi connectivity index (χ1) is 35.9. The molecule has 0 aliphatic carbocycles. The number of benzene rings is 8. The van der Waals surface area contributed by atoms with Gasteiger partial charge in [-0.1, -0.05) is 36.3 Å². The third kappa shape index (κ3) is 9.47. The molecule has 1 N–H and O–H groups in total. The Labute approximate surface area is 415 Å². The Morgan fingerprint density at radius 1 is 0.395 bits per heavy atom. The van der Waals surface area contributed by atoms with E-state index in [1.165, 1.54) is 12.1 Å². The number of terminal acetylenes is 1. The topological polar surface area (TPSA) is 101 Å². The van der Waals surface area contributed by atoms with Gasteiger partial charge in [0.15, 0.2) is 46.5 Å². The van der Waals surface area contributed by atoms with Crippen LogP contribution < -0.4 is 23.7 Å². The Morgan fingerprint density at radius 2 is 0.711 bits per heavy atom. The van der Waals surface area contributed by atoms with Gasteiger partial charge in [0.25, 0.3) is 10.1 Å². The maximum Gasteiger partial charge on any atom is 0.298 e. The molecule has 0 aromatic heterocycles. The molecule has 0 amide bonds. The molecule has 8 nitrogen and oxygen atoms in total. The van der Waals surface area contributed by atoms with Crippen LogP contribution in [0.5, 0.6) is 51.7 Å². The molecule has 0 spiro atoms. The minimum absolute atomic E-state index is 0.103. The van der Waals surface area contributed by atoms with Crippen LogP contribution in [0.3, 0.4) is 0 Å². The highest BCUT2D eigenvalue weighted by atomic mass is 32.2. The van der Waals surface area contributed by atoms with Gasteiger partial charge >= 0.3 is 0 Å². The SMILES string of the molecule is C#Cc1cccc(Oc2c(F)c(F)c(-c3c(F)c(F)c(Oc4ccc(-c5ccc(Oc6c(F)c(F)c(-c7c(F)c(F)c(Oc8ccc(OC)cc8S(=O)(=O)O)c(F)c7F)c(F)c6F)cc5)cc4)c(F)c3F)c(F)c2F)c1. The van der Waals surface area contributed by atoms with Gasteiger partial charge in [0, 0.05) is 11.6 Å². The van der Waals surface area contributed by atoms with E-state index in [0.29, 0.717) is 12.1 Å². The second-order valence-corrected chi connectivity index (χ2v) is 16.6. The van der Waals surface area contributed by atoms with Crippen molar-refractivity contribution in [2.75, 3.05) is 7.11 Å². The van der Waals surface area contributed by atoms with Gasteiger partial charge in [-0.05, 0) is 65.7 Å². The first kappa shape index (κ1) is 53.4. The Kier molecular flexibility index (Phi) is 14.4. The number of hydrogen-bond donors (Lipinski definition) is 1. The molecule has 76 heavy (non-hydrogen) atoms. The number of rotatable bonds is 13.